The van der Waals surface area contributed by atoms with Gasteiger partial charge in [-0.2, -0.15) is 0 Å². The lowest BCUT2D eigenvalue weighted by molar-refractivity contribution is -0.186. The number of amides is 1. The van der Waals surface area contributed by atoms with Crippen LogP contribution in [0.3, 0.4) is 0 Å². The molecular weight excluding hydrogens is 350 g/mol. The first-order valence-corrected chi connectivity index (χ1v) is 11.0. The second-order valence-electron chi connectivity index (χ2n) is 10.2. The number of aliphatic hydroxyl groups is 1. The third kappa shape index (κ3) is 2.55. The van der Waals surface area contributed by atoms with Gasteiger partial charge in [-0.15, -0.1) is 0 Å². The molecule has 0 spiro atoms. The minimum absolute atomic E-state index is 0.280. The predicted octanol–water partition coefficient (Wildman–Crippen LogP) is 3.60. The number of hydrogen-bond donors (Lipinski definition) is 2. The van der Waals surface area contributed by atoms with Gasteiger partial charge in [-0.3, -0.25) is 4.79 Å². The van der Waals surface area contributed by atoms with Crippen LogP contribution in [0.5, 0.6) is 0 Å². The van der Waals surface area contributed by atoms with Crippen molar-refractivity contribution in [1.29, 1.82) is 0 Å². The molecule has 2 aromatic rings. The largest absolute Gasteiger partial charge is 0.390 e. The highest BCUT2D eigenvalue weighted by Crippen LogP contribution is 2.62. The fraction of sp³-hybridized carbons (Fsp3) is 0.652. The van der Waals surface area contributed by atoms with Gasteiger partial charge in [-0.05, 0) is 75.3 Å². The summed E-state index contributed by atoms with van der Waals surface area (Å²) >= 11 is 0. The number of fused-ring (bicyclic) bond motifs is 1. The number of hydrogen-bond acceptors (Lipinski definition) is 3. The van der Waals surface area contributed by atoms with Gasteiger partial charge in [-0.25, -0.2) is 4.98 Å². The standard InChI is InChI=1S/C23H29N3O2/c27-21(22-9-15-8-16(10-22)12-23(28,11-15)14-22)26-7-3-4-17(13-26)20-24-18-5-1-2-6-19(18)25-20/h1-2,5-6,15-17,28H,3-4,7-14H2,(H,24,25). The number of nitrogens with one attached hydrogen (secondary N) is 1. The molecule has 3 unspecified atom stereocenters. The monoisotopic (exact) mass is 379 g/mol. The number of nitrogens with zero attached hydrogens (tertiary/aromatic N) is 2. The molecule has 4 bridgehead atoms. The van der Waals surface area contributed by atoms with Crippen molar-refractivity contribution in [2.24, 2.45) is 17.3 Å². The molecule has 5 nitrogen and oxygen atoms in total. The van der Waals surface area contributed by atoms with Crippen LogP contribution in [0, 0.1) is 17.3 Å². The van der Waals surface area contributed by atoms with Gasteiger partial charge in [0.1, 0.15) is 5.82 Å². The molecule has 2 heterocycles. The predicted molar refractivity (Wildman–Crippen MR) is 107 cm³/mol. The van der Waals surface area contributed by atoms with E-state index in [-0.39, 0.29) is 11.3 Å². The van der Waals surface area contributed by atoms with Crippen molar-refractivity contribution in [2.45, 2.75) is 62.9 Å². The number of likely N-dealkylation sites (tertiary alicyclic amines) is 1. The lowest BCUT2D eigenvalue weighted by Gasteiger charge is -2.60. The Morgan fingerprint density at radius 3 is 2.71 bits per heavy atom. The summed E-state index contributed by atoms with van der Waals surface area (Å²) in [5.41, 5.74) is 1.20. The number of aromatic nitrogens is 2. The summed E-state index contributed by atoms with van der Waals surface area (Å²) in [6.45, 7) is 1.61. The minimum Gasteiger partial charge on any atom is -0.390 e. The Hall–Kier alpha value is -1.88. The zero-order valence-electron chi connectivity index (χ0n) is 16.4. The third-order valence-corrected chi connectivity index (χ3v) is 7.99. The molecule has 0 radical (unpaired) electrons. The highest BCUT2D eigenvalue weighted by atomic mass is 16.3. The Balaban J connectivity index is 1.25. The van der Waals surface area contributed by atoms with Crippen LogP contribution in [0.4, 0.5) is 0 Å². The first-order valence-electron chi connectivity index (χ1n) is 11.0. The van der Waals surface area contributed by atoms with Crippen LogP contribution in [0.25, 0.3) is 11.0 Å². The summed E-state index contributed by atoms with van der Waals surface area (Å²) in [6.07, 6.45) is 7.84. The Morgan fingerprint density at radius 1 is 1.18 bits per heavy atom. The Bertz CT molecular complexity index is 888. The molecule has 5 heteroatoms. The summed E-state index contributed by atoms with van der Waals surface area (Å²) < 4.78 is 0. The van der Waals surface area contributed by atoms with E-state index in [9.17, 15) is 9.90 Å². The van der Waals surface area contributed by atoms with Crippen LogP contribution in [0.15, 0.2) is 24.3 Å². The number of piperidine rings is 1. The van der Waals surface area contributed by atoms with E-state index in [1.165, 1.54) is 6.42 Å². The van der Waals surface area contributed by atoms with Crippen LogP contribution in [0.2, 0.25) is 0 Å². The molecule has 1 aromatic carbocycles. The first-order chi connectivity index (χ1) is 13.5. The topological polar surface area (TPSA) is 69.2 Å². The SMILES string of the molecule is O=C(N1CCCC(c2nc3ccccc3[nH]2)C1)C12CC3CC(CC(O)(C3)C1)C2. The first kappa shape index (κ1) is 17.0. The van der Waals surface area contributed by atoms with Gasteiger partial charge in [0.2, 0.25) is 5.91 Å². The normalized spacial score (nSPS) is 39.6. The van der Waals surface area contributed by atoms with Gasteiger partial charge in [0.25, 0.3) is 0 Å². The zero-order chi connectivity index (χ0) is 18.9. The van der Waals surface area contributed by atoms with Crippen molar-refractivity contribution >= 4 is 16.9 Å². The molecule has 4 saturated carbocycles. The fourth-order valence-corrected chi connectivity index (χ4v) is 7.35. The van der Waals surface area contributed by atoms with E-state index in [1.54, 1.807) is 0 Å². The molecule has 7 rings (SSSR count). The average molecular weight is 380 g/mol. The maximum Gasteiger partial charge on any atom is 0.228 e. The summed E-state index contributed by atoms with van der Waals surface area (Å²) in [7, 11) is 0. The van der Waals surface area contributed by atoms with E-state index in [1.807, 2.05) is 18.2 Å². The minimum atomic E-state index is -0.576. The number of carbonyl (C=O) groups excluding carboxylic acids is 1. The maximum atomic E-state index is 13.7. The molecular formula is C23H29N3O2. The van der Waals surface area contributed by atoms with Crippen LogP contribution >= 0.6 is 0 Å². The quantitative estimate of drug-likeness (QED) is 0.838. The molecule has 1 aromatic heterocycles. The number of rotatable bonds is 2. The van der Waals surface area contributed by atoms with Gasteiger partial charge in [-0.1, -0.05) is 12.1 Å². The van der Waals surface area contributed by atoms with Gasteiger partial charge in [0, 0.05) is 19.0 Å². The van der Waals surface area contributed by atoms with Crippen molar-refractivity contribution in [3.8, 4) is 0 Å². The van der Waals surface area contributed by atoms with Crippen molar-refractivity contribution in [2.75, 3.05) is 13.1 Å². The summed E-state index contributed by atoms with van der Waals surface area (Å²) in [5.74, 6) is 2.71. The van der Waals surface area contributed by atoms with Crippen molar-refractivity contribution in [3.63, 3.8) is 0 Å². The molecule has 2 N–H and O–H groups in total. The van der Waals surface area contributed by atoms with E-state index >= 15 is 0 Å². The van der Waals surface area contributed by atoms with Crippen LogP contribution in [-0.4, -0.2) is 44.6 Å². The smallest absolute Gasteiger partial charge is 0.228 e. The van der Waals surface area contributed by atoms with Crippen LogP contribution in [-0.2, 0) is 4.79 Å². The van der Waals surface area contributed by atoms with Gasteiger partial charge < -0.3 is 15.0 Å². The summed E-state index contributed by atoms with van der Waals surface area (Å²) in [5, 5.41) is 11.0. The molecule has 1 amide bonds. The van der Waals surface area contributed by atoms with E-state index in [0.717, 1.165) is 68.5 Å². The van der Waals surface area contributed by atoms with E-state index in [4.69, 9.17) is 4.98 Å². The zero-order valence-corrected chi connectivity index (χ0v) is 16.4. The molecule has 5 fully saturated rings. The number of imidazole rings is 1. The van der Waals surface area contributed by atoms with Crippen LogP contribution in [0.1, 0.15) is 63.1 Å². The summed E-state index contributed by atoms with van der Waals surface area (Å²) in [4.78, 5) is 24.1. The lowest BCUT2D eigenvalue weighted by Crippen LogP contribution is -2.61. The van der Waals surface area contributed by atoms with E-state index in [2.05, 4.69) is 16.0 Å². The van der Waals surface area contributed by atoms with Crippen LogP contribution < -0.4 is 0 Å². The molecule has 3 atom stereocenters. The highest BCUT2D eigenvalue weighted by molar-refractivity contribution is 5.84. The molecule has 1 aliphatic heterocycles. The average Bonchev–Trinajstić information content (AvgIpc) is 3.10. The molecule has 5 aliphatic rings. The lowest BCUT2D eigenvalue weighted by atomic mass is 9.47. The molecule has 4 aliphatic carbocycles. The Labute approximate surface area is 165 Å². The Morgan fingerprint density at radius 2 is 1.96 bits per heavy atom. The molecule has 148 valence electrons. The maximum absolute atomic E-state index is 13.7. The molecule has 1 saturated heterocycles. The van der Waals surface area contributed by atoms with Crippen molar-refractivity contribution in [1.82, 2.24) is 14.9 Å². The number of carbonyl (C=O) groups is 1. The second-order valence-corrected chi connectivity index (χ2v) is 10.2. The van der Waals surface area contributed by atoms with Crippen molar-refractivity contribution in [3.05, 3.63) is 30.1 Å². The second kappa shape index (κ2) is 5.82. The Kier molecular flexibility index (Phi) is 3.54. The summed E-state index contributed by atoms with van der Waals surface area (Å²) in [6, 6.07) is 8.14. The number of H-pyrrole nitrogens is 1. The number of para-hydroxylation sites is 2. The van der Waals surface area contributed by atoms with Gasteiger partial charge in [0.05, 0.1) is 22.0 Å². The third-order valence-electron chi connectivity index (χ3n) is 7.99. The van der Waals surface area contributed by atoms with Gasteiger partial charge >= 0.3 is 0 Å². The fourth-order valence-electron chi connectivity index (χ4n) is 7.35. The van der Waals surface area contributed by atoms with E-state index < -0.39 is 5.60 Å². The number of aromatic amines is 1. The van der Waals surface area contributed by atoms with Crippen molar-refractivity contribution < 1.29 is 9.90 Å². The number of benzene rings is 1. The molecule has 28 heavy (non-hydrogen) atoms. The van der Waals surface area contributed by atoms with Gasteiger partial charge in [0.15, 0.2) is 0 Å². The van der Waals surface area contributed by atoms with E-state index in [0.29, 0.717) is 24.2 Å². The highest BCUT2D eigenvalue weighted by Gasteiger charge is 2.61.